The Morgan fingerprint density at radius 3 is 2.43 bits per heavy atom. The predicted molar refractivity (Wildman–Crippen MR) is 119 cm³/mol. The summed E-state index contributed by atoms with van der Waals surface area (Å²) in [6.07, 6.45) is 0.818. The van der Waals surface area contributed by atoms with Gasteiger partial charge in [0.15, 0.2) is 11.5 Å². The topological polar surface area (TPSA) is 63.3 Å². The van der Waals surface area contributed by atoms with E-state index in [2.05, 4.69) is 10.2 Å². The highest BCUT2D eigenvalue weighted by atomic mass is 16.5. The molecule has 1 fully saturated rings. The van der Waals surface area contributed by atoms with Crippen LogP contribution in [0.4, 0.5) is 11.4 Å². The largest absolute Gasteiger partial charge is 0.493 e. The molecule has 7 nitrogen and oxygen atoms in total. The molecule has 0 atom stereocenters. The fourth-order valence-corrected chi connectivity index (χ4v) is 3.46. The number of carbonyl (C=O) groups excluding carboxylic acids is 1. The third-order valence-corrected chi connectivity index (χ3v) is 5.17. The highest BCUT2D eigenvalue weighted by molar-refractivity contribution is 5.92. The highest BCUT2D eigenvalue weighted by Gasteiger charge is 2.12. The summed E-state index contributed by atoms with van der Waals surface area (Å²) in [6, 6.07) is 13.9. The number of nitrogens with one attached hydrogen (secondary N) is 1. The number of nitrogens with zero attached hydrogens (tertiary/aromatic N) is 2. The Kier molecular flexibility index (Phi) is 7.93. The molecular weight excluding hydrogens is 382 g/mol. The quantitative estimate of drug-likeness (QED) is 0.682. The van der Waals surface area contributed by atoms with Crippen LogP contribution < -0.4 is 19.7 Å². The third-order valence-electron chi connectivity index (χ3n) is 5.17. The fraction of sp³-hybridized carbons (Fsp3) is 0.435. The van der Waals surface area contributed by atoms with Crippen LogP contribution in [0.25, 0.3) is 0 Å². The SMILES string of the molecule is COc1ccc(CCN(C)CC(=O)Nc2ccc(N3CCOCC3)cc2)cc1OC. The fourth-order valence-electron chi connectivity index (χ4n) is 3.46. The van der Waals surface area contributed by atoms with Crippen LogP contribution in [0.15, 0.2) is 42.5 Å². The van der Waals surface area contributed by atoms with Gasteiger partial charge in [-0.15, -0.1) is 0 Å². The lowest BCUT2D eigenvalue weighted by Crippen LogP contribution is -2.36. The molecule has 0 radical (unpaired) electrons. The monoisotopic (exact) mass is 413 g/mol. The summed E-state index contributed by atoms with van der Waals surface area (Å²) in [5, 5.41) is 2.97. The van der Waals surface area contributed by atoms with Gasteiger partial charge in [0.25, 0.3) is 0 Å². The van der Waals surface area contributed by atoms with Crippen molar-refractivity contribution < 1.29 is 19.0 Å². The number of amides is 1. The van der Waals surface area contributed by atoms with Crippen molar-refractivity contribution in [3.8, 4) is 11.5 Å². The van der Waals surface area contributed by atoms with Crippen LogP contribution in [0.1, 0.15) is 5.56 Å². The van der Waals surface area contributed by atoms with E-state index in [0.29, 0.717) is 12.3 Å². The number of methoxy groups -OCH3 is 2. The number of rotatable bonds is 9. The van der Waals surface area contributed by atoms with Gasteiger partial charge in [-0.05, 0) is 55.4 Å². The Balaban J connectivity index is 1.45. The minimum atomic E-state index is -0.0241. The van der Waals surface area contributed by atoms with Gasteiger partial charge in [0.05, 0.1) is 34.0 Å². The summed E-state index contributed by atoms with van der Waals surface area (Å²) in [5.74, 6) is 1.41. The summed E-state index contributed by atoms with van der Waals surface area (Å²) < 4.78 is 16.0. The minimum Gasteiger partial charge on any atom is -0.493 e. The predicted octanol–water partition coefficient (Wildman–Crippen LogP) is 2.65. The van der Waals surface area contributed by atoms with Gasteiger partial charge in [-0.2, -0.15) is 0 Å². The maximum atomic E-state index is 12.4. The normalized spacial score (nSPS) is 13.9. The van der Waals surface area contributed by atoms with Crippen LogP contribution in [0, 0.1) is 0 Å². The Hall–Kier alpha value is -2.77. The molecule has 0 bridgehead atoms. The molecule has 1 aliphatic rings. The van der Waals surface area contributed by atoms with Crippen LogP contribution in [0.5, 0.6) is 11.5 Å². The van der Waals surface area contributed by atoms with Gasteiger partial charge in [0.1, 0.15) is 0 Å². The molecule has 0 saturated carbocycles. The lowest BCUT2D eigenvalue weighted by molar-refractivity contribution is -0.117. The number of likely N-dealkylation sites (N-methyl/N-ethyl adjacent to an activating group) is 1. The first-order valence-electron chi connectivity index (χ1n) is 10.2. The van der Waals surface area contributed by atoms with Crippen LogP contribution in [0.3, 0.4) is 0 Å². The lowest BCUT2D eigenvalue weighted by Gasteiger charge is -2.28. The van der Waals surface area contributed by atoms with E-state index in [0.717, 1.165) is 62.0 Å². The van der Waals surface area contributed by atoms with Crippen LogP contribution in [-0.4, -0.2) is 71.5 Å². The molecule has 1 heterocycles. The van der Waals surface area contributed by atoms with E-state index >= 15 is 0 Å². The zero-order valence-electron chi connectivity index (χ0n) is 18.0. The lowest BCUT2D eigenvalue weighted by atomic mass is 10.1. The molecule has 30 heavy (non-hydrogen) atoms. The van der Waals surface area contributed by atoms with Crippen LogP contribution in [-0.2, 0) is 16.0 Å². The minimum absolute atomic E-state index is 0.0241. The van der Waals surface area contributed by atoms with E-state index in [-0.39, 0.29) is 5.91 Å². The Morgan fingerprint density at radius 2 is 1.77 bits per heavy atom. The summed E-state index contributed by atoms with van der Waals surface area (Å²) in [4.78, 5) is 16.7. The zero-order chi connectivity index (χ0) is 21.3. The van der Waals surface area contributed by atoms with Gasteiger partial charge < -0.3 is 24.4 Å². The Bertz CT molecular complexity index is 820. The van der Waals surface area contributed by atoms with Gasteiger partial charge in [0, 0.05) is 31.0 Å². The maximum absolute atomic E-state index is 12.4. The van der Waals surface area contributed by atoms with Gasteiger partial charge in [-0.1, -0.05) is 6.07 Å². The second kappa shape index (κ2) is 10.8. The first-order valence-corrected chi connectivity index (χ1v) is 10.2. The van der Waals surface area contributed by atoms with Gasteiger partial charge in [-0.3, -0.25) is 9.69 Å². The number of ether oxygens (including phenoxy) is 3. The Morgan fingerprint density at radius 1 is 1.07 bits per heavy atom. The molecule has 3 rings (SSSR count). The number of hydrogen-bond donors (Lipinski definition) is 1. The van der Waals surface area contributed by atoms with Crippen molar-refractivity contribution in [2.75, 3.05) is 70.9 Å². The molecule has 7 heteroatoms. The Labute approximate surface area is 178 Å². The number of hydrogen-bond acceptors (Lipinski definition) is 6. The maximum Gasteiger partial charge on any atom is 0.238 e. The van der Waals surface area contributed by atoms with Gasteiger partial charge >= 0.3 is 0 Å². The van der Waals surface area contributed by atoms with Gasteiger partial charge in [-0.25, -0.2) is 0 Å². The van der Waals surface area contributed by atoms with Crippen molar-refractivity contribution in [3.05, 3.63) is 48.0 Å². The van der Waals surface area contributed by atoms with E-state index < -0.39 is 0 Å². The molecule has 162 valence electrons. The summed E-state index contributed by atoms with van der Waals surface area (Å²) in [7, 11) is 5.20. The average Bonchev–Trinajstić information content (AvgIpc) is 2.78. The van der Waals surface area contributed by atoms with Crippen molar-refractivity contribution in [1.82, 2.24) is 4.90 Å². The second-order valence-electron chi connectivity index (χ2n) is 7.37. The van der Waals surface area contributed by atoms with Crippen LogP contribution in [0.2, 0.25) is 0 Å². The number of carbonyl (C=O) groups is 1. The smallest absolute Gasteiger partial charge is 0.238 e. The number of benzene rings is 2. The van der Waals surface area contributed by atoms with E-state index in [1.165, 1.54) is 0 Å². The van der Waals surface area contributed by atoms with E-state index in [1.807, 2.05) is 54.4 Å². The molecule has 0 spiro atoms. The van der Waals surface area contributed by atoms with Crippen molar-refractivity contribution in [2.24, 2.45) is 0 Å². The number of anilines is 2. The molecule has 0 unspecified atom stereocenters. The molecule has 1 amide bonds. The zero-order valence-corrected chi connectivity index (χ0v) is 18.0. The molecule has 1 N–H and O–H groups in total. The van der Waals surface area contributed by atoms with Crippen molar-refractivity contribution in [3.63, 3.8) is 0 Å². The summed E-state index contributed by atoms with van der Waals surface area (Å²) in [5.41, 5.74) is 3.10. The standard InChI is InChI=1S/C23H31N3O4/c1-25(11-10-18-4-9-21(28-2)22(16-18)29-3)17-23(27)24-19-5-7-20(8-6-19)26-12-14-30-15-13-26/h4-9,16H,10-15,17H2,1-3H3,(H,24,27). The second-order valence-corrected chi connectivity index (χ2v) is 7.37. The molecular formula is C23H31N3O4. The number of morpholine rings is 1. The van der Waals surface area contributed by atoms with Crippen LogP contribution >= 0.6 is 0 Å². The van der Waals surface area contributed by atoms with E-state index in [9.17, 15) is 4.79 Å². The molecule has 1 aliphatic heterocycles. The molecule has 1 saturated heterocycles. The molecule has 0 aliphatic carbocycles. The third kappa shape index (κ3) is 6.11. The van der Waals surface area contributed by atoms with Crippen molar-refractivity contribution in [2.45, 2.75) is 6.42 Å². The van der Waals surface area contributed by atoms with E-state index in [1.54, 1.807) is 14.2 Å². The van der Waals surface area contributed by atoms with E-state index in [4.69, 9.17) is 14.2 Å². The first kappa shape index (κ1) is 21.9. The molecule has 0 aromatic heterocycles. The summed E-state index contributed by atoms with van der Waals surface area (Å²) >= 11 is 0. The van der Waals surface area contributed by atoms with Crippen molar-refractivity contribution >= 4 is 17.3 Å². The average molecular weight is 414 g/mol. The highest BCUT2D eigenvalue weighted by Crippen LogP contribution is 2.27. The van der Waals surface area contributed by atoms with Gasteiger partial charge in [0.2, 0.25) is 5.91 Å². The first-order chi connectivity index (χ1) is 14.6. The van der Waals surface area contributed by atoms with Crippen molar-refractivity contribution in [1.29, 1.82) is 0 Å². The molecule has 2 aromatic carbocycles. The molecule has 2 aromatic rings. The summed E-state index contributed by atoms with van der Waals surface area (Å²) in [6.45, 7) is 4.41.